The van der Waals surface area contributed by atoms with E-state index in [-0.39, 0.29) is 16.9 Å². The van der Waals surface area contributed by atoms with E-state index in [0.717, 1.165) is 6.07 Å². The topological polar surface area (TPSA) is 110 Å². The fourth-order valence-electron chi connectivity index (χ4n) is 1.47. The Balaban J connectivity index is 3.10. The van der Waals surface area contributed by atoms with E-state index < -0.39 is 28.0 Å². The Morgan fingerprint density at radius 3 is 2.55 bits per heavy atom. The van der Waals surface area contributed by atoms with Crippen LogP contribution in [0.25, 0.3) is 0 Å². The largest absolute Gasteiger partial charge is 0.480 e. The summed E-state index contributed by atoms with van der Waals surface area (Å²) in [6.07, 6.45) is 0.102. The van der Waals surface area contributed by atoms with Gasteiger partial charge >= 0.3 is 11.9 Å². The first-order chi connectivity index (χ1) is 9.31. The van der Waals surface area contributed by atoms with Gasteiger partial charge in [-0.2, -0.15) is 4.72 Å². The molecular weight excluding hydrogens is 286 g/mol. The molecule has 2 N–H and O–H groups in total. The van der Waals surface area contributed by atoms with E-state index in [1.807, 2.05) is 0 Å². The van der Waals surface area contributed by atoms with Crippen LogP contribution in [0, 0.1) is 0 Å². The molecular formula is C12H15NO6S. The average molecular weight is 301 g/mol. The number of methoxy groups -OCH3 is 1. The van der Waals surface area contributed by atoms with Crippen LogP contribution in [-0.4, -0.2) is 38.6 Å². The maximum Gasteiger partial charge on any atom is 0.337 e. The van der Waals surface area contributed by atoms with Gasteiger partial charge in [0, 0.05) is 0 Å². The van der Waals surface area contributed by atoms with Crippen molar-refractivity contribution in [3.63, 3.8) is 0 Å². The Kier molecular flexibility index (Phi) is 5.23. The van der Waals surface area contributed by atoms with Gasteiger partial charge in [0.25, 0.3) is 0 Å². The molecule has 1 aromatic carbocycles. The Labute approximate surface area is 116 Å². The van der Waals surface area contributed by atoms with E-state index in [9.17, 15) is 18.0 Å². The van der Waals surface area contributed by atoms with Gasteiger partial charge < -0.3 is 9.84 Å². The van der Waals surface area contributed by atoms with Crippen molar-refractivity contribution in [3.8, 4) is 0 Å². The monoisotopic (exact) mass is 301 g/mol. The van der Waals surface area contributed by atoms with Crippen LogP contribution in [0.1, 0.15) is 23.7 Å². The highest BCUT2D eigenvalue weighted by Crippen LogP contribution is 2.13. The summed E-state index contributed by atoms with van der Waals surface area (Å²) in [5.41, 5.74) is 0.0683. The molecule has 0 unspecified atom stereocenters. The summed E-state index contributed by atoms with van der Waals surface area (Å²) in [6.45, 7) is 1.55. The van der Waals surface area contributed by atoms with E-state index in [1.54, 1.807) is 6.92 Å². The van der Waals surface area contributed by atoms with Crippen molar-refractivity contribution >= 4 is 22.0 Å². The van der Waals surface area contributed by atoms with E-state index in [0.29, 0.717) is 0 Å². The zero-order valence-corrected chi connectivity index (χ0v) is 11.8. The normalized spacial score (nSPS) is 12.7. The lowest BCUT2D eigenvalue weighted by Gasteiger charge is -2.13. The fourth-order valence-corrected chi connectivity index (χ4v) is 2.79. The van der Waals surface area contributed by atoms with Gasteiger partial charge in [0.1, 0.15) is 6.04 Å². The minimum Gasteiger partial charge on any atom is -0.480 e. The first kappa shape index (κ1) is 16.1. The molecule has 1 aromatic rings. The number of carboxylic acid groups (broad SMARTS) is 1. The zero-order chi connectivity index (χ0) is 15.3. The number of rotatable bonds is 6. The Bertz CT molecular complexity index is 610. The third-order valence-corrected chi connectivity index (χ3v) is 4.04. The number of esters is 1. The van der Waals surface area contributed by atoms with Gasteiger partial charge in [0.15, 0.2) is 0 Å². The highest BCUT2D eigenvalue weighted by atomic mass is 32.2. The van der Waals surface area contributed by atoms with E-state index in [2.05, 4.69) is 9.46 Å². The molecule has 0 radical (unpaired) electrons. The lowest BCUT2D eigenvalue weighted by Crippen LogP contribution is -2.40. The summed E-state index contributed by atoms with van der Waals surface area (Å²) < 4.78 is 30.6. The van der Waals surface area contributed by atoms with Gasteiger partial charge in [-0.3, -0.25) is 4.79 Å². The number of aliphatic carboxylic acids is 1. The van der Waals surface area contributed by atoms with E-state index in [1.165, 1.54) is 25.3 Å². The lowest BCUT2D eigenvalue weighted by molar-refractivity contribution is -0.139. The molecule has 0 heterocycles. The van der Waals surface area contributed by atoms with Gasteiger partial charge in [0.2, 0.25) is 10.0 Å². The molecule has 7 nitrogen and oxygen atoms in total. The van der Waals surface area contributed by atoms with Crippen molar-refractivity contribution in [1.82, 2.24) is 4.72 Å². The van der Waals surface area contributed by atoms with Crippen LogP contribution in [0.3, 0.4) is 0 Å². The van der Waals surface area contributed by atoms with Gasteiger partial charge in [0.05, 0.1) is 17.6 Å². The minimum absolute atomic E-state index is 0.0683. The quantitative estimate of drug-likeness (QED) is 0.745. The Hall–Kier alpha value is -1.93. The summed E-state index contributed by atoms with van der Waals surface area (Å²) in [6, 6.07) is 3.95. The van der Waals surface area contributed by atoms with E-state index in [4.69, 9.17) is 5.11 Å². The van der Waals surface area contributed by atoms with Crippen molar-refractivity contribution in [2.24, 2.45) is 0 Å². The van der Waals surface area contributed by atoms with Crippen LogP contribution in [0.2, 0.25) is 0 Å². The van der Waals surface area contributed by atoms with Crippen LogP contribution in [0.4, 0.5) is 0 Å². The second-order valence-electron chi connectivity index (χ2n) is 3.94. The number of nitrogens with one attached hydrogen (secondary N) is 1. The van der Waals surface area contributed by atoms with Crippen molar-refractivity contribution in [3.05, 3.63) is 29.8 Å². The number of carbonyl (C=O) groups is 2. The number of hydrogen-bond donors (Lipinski definition) is 2. The second-order valence-corrected chi connectivity index (χ2v) is 5.65. The van der Waals surface area contributed by atoms with Crippen LogP contribution in [0.5, 0.6) is 0 Å². The molecule has 8 heteroatoms. The van der Waals surface area contributed by atoms with Crippen LogP contribution < -0.4 is 4.72 Å². The molecule has 1 atom stereocenters. The van der Waals surface area contributed by atoms with Gasteiger partial charge in [-0.25, -0.2) is 13.2 Å². The van der Waals surface area contributed by atoms with Gasteiger partial charge in [-0.05, 0) is 24.6 Å². The molecule has 20 heavy (non-hydrogen) atoms. The van der Waals surface area contributed by atoms with Crippen LogP contribution >= 0.6 is 0 Å². The molecule has 0 fully saturated rings. The number of ether oxygens (including phenoxy) is 1. The molecule has 0 spiro atoms. The van der Waals surface area contributed by atoms with Crippen molar-refractivity contribution in [2.75, 3.05) is 7.11 Å². The summed E-state index contributed by atoms with van der Waals surface area (Å²) >= 11 is 0. The second kappa shape index (κ2) is 6.49. The lowest BCUT2D eigenvalue weighted by atomic mass is 10.2. The summed E-state index contributed by atoms with van der Waals surface area (Å²) in [5.74, 6) is -1.94. The standard InChI is InChI=1S/C12H15NO6S/c1-3-10(11(14)15)13-20(17,18)9-6-4-5-8(7-9)12(16)19-2/h4-7,10,13H,3H2,1-2H3,(H,14,15)/t10-/m1/s1. The third kappa shape index (κ3) is 3.78. The molecule has 0 aromatic heterocycles. The van der Waals surface area contributed by atoms with Crippen LogP contribution in [0.15, 0.2) is 29.2 Å². The maximum absolute atomic E-state index is 12.0. The highest BCUT2D eigenvalue weighted by molar-refractivity contribution is 7.89. The smallest absolute Gasteiger partial charge is 0.337 e. The number of carbonyl (C=O) groups excluding carboxylic acids is 1. The Morgan fingerprint density at radius 1 is 1.40 bits per heavy atom. The molecule has 110 valence electrons. The SMILES string of the molecule is CC[C@@H](NS(=O)(=O)c1cccc(C(=O)OC)c1)C(=O)O. The molecule has 0 aliphatic heterocycles. The molecule has 0 saturated heterocycles. The summed E-state index contributed by atoms with van der Waals surface area (Å²) in [5, 5.41) is 8.86. The maximum atomic E-state index is 12.0. The molecule has 0 amide bonds. The van der Waals surface area contributed by atoms with Crippen molar-refractivity contribution in [1.29, 1.82) is 0 Å². The summed E-state index contributed by atoms with van der Waals surface area (Å²) in [7, 11) is -2.84. The Morgan fingerprint density at radius 2 is 2.05 bits per heavy atom. The number of benzene rings is 1. The highest BCUT2D eigenvalue weighted by Gasteiger charge is 2.24. The number of carboxylic acids is 1. The first-order valence-electron chi connectivity index (χ1n) is 5.75. The van der Waals surface area contributed by atoms with Crippen molar-refractivity contribution in [2.45, 2.75) is 24.3 Å². The first-order valence-corrected chi connectivity index (χ1v) is 7.23. The predicted molar refractivity (Wildman–Crippen MR) is 69.8 cm³/mol. The number of sulfonamides is 1. The summed E-state index contributed by atoms with van der Waals surface area (Å²) in [4.78, 5) is 22.0. The van der Waals surface area contributed by atoms with Crippen molar-refractivity contribution < 1.29 is 27.9 Å². The molecule has 0 aliphatic carbocycles. The fraction of sp³-hybridized carbons (Fsp3) is 0.333. The predicted octanol–water partition coefficient (Wildman–Crippen LogP) is 0.615. The molecule has 1 rings (SSSR count). The minimum atomic E-state index is -4.02. The average Bonchev–Trinajstić information content (AvgIpc) is 2.43. The molecule has 0 saturated carbocycles. The van der Waals surface area contributed by atoms with Gasteiger partial charge in [-0.15, -0.1) is 0 Å². The molecule has 0 aliphatic rings. The third-order valence-electron chi connectivity index (χ3n) is 2.57. The molecule has 0 bridgehead atoms. The van der Waals surface area contributed by atoms with Crippen LogP contribution in [-0.2, 0) is 19.6 Å². The van der Waals surface area contributed by atoms with Gasteiger partial charge in [-0.1, -0.05) is 13.0 Å². The zero-order valence-electron chi connectivity index (χ0n) is 11.0. The number of hydrogen-bond acceptors (Lipinski definition) is 5. The van der Waals surface area contributed by atoms with E-state index >= 15 is 0 Å².